The Balaban J connectivity index is 2.44. The molecule has 0 saturated heterocycles. The first-order chi connectivity index (χ1) is 8.65. The number of hydrogen-bond acceptors (Lipinski definition) is 3. The fourth-order valence-corrected chi connectivity index (χ4v) is 1.76. The van der Waals surface area contributed by atoms with E-state index >= 15 is 0 Å². The highest BCUT2D eigenvalue weighted by atomic mass is 16.5. The van der Waals surface area contributed by atoms with E-state index in [0.29, 0.717) is 19.4 Å². The zero-order chi connectivity index (χ0) is 13.4. The van der Waals surface area contributed by atoms with Crippen LogP contribution < -0.4 is 5.32 Å². The minimum atomic E-state index is -0.00513. The van der Waals surface area contributed by atoms with E-state index < -0.39 is 0 Å². The zero-order valence-electron chi connectivity index (χ0n) is 11.0. The number of nitrogens with one attached hydrogen (secondary N) is 1. The first kappa shape index (κ1) is 14.7. The number of amides is 1. The summed E-state index contributed by atoms with van der Waals surface area (Å²) in [6, 6.07) is 7.52. The van der Waals surface area contributed by atoms with Crippen LogP contribution in [0.4, 0.5) is 5.69 Å². The lowest BCUT2D eigenvalue weighted by atomic mass is 10.1. The van der Waals surface area contributed by atoms with Gasteiger partial charge in [0, 0.05) is 32.4 Å². The van der Waals surface area contributed by atoms with E-state index in [0.717, 1.165) is 11.3 Å². The third kappa shape index (κ3) is 5.29. The van der Waals surface area contributed by atoms with Gasteiger partial charge in [0.25, 0.3) is 0 Å². The summed E-state index contributed by atoms with van der Waals surface area (Å²) in [6.07, 6.45) is 1.09. The van der Waals surface area contributed by atoms with Gasteiger partial charge in [-0.2, -0.15) is 0 Å². The molecule has 18 heavy (non-hydrogen) atoms. The maximum atomic E-state index is 11.7. The molecule has 1 atom stereocenters. The van der Waals surface area contributed by atoms with Crippen LogP contribution >= 0.6 is 0 Å². The van der Waals surface area contributed by atoms with Gasteiger partial charge in [-0.15, -0.1) is 0 Å². The number of aliphatic hydroxyl groups excluding tert-OH is 1. The number of hydrogen-bond donors (Lipinski definition) is 2. The van der Waals surface area contributed by atoms with Crippen LogP contribution in [-0.4, -0.2) is 31.3 Å². The van der Waals surface area contributed by atoms with Crippen molar-refractivity contribution >= 4 is 11.6 Å². The molecule has 0 saturated carbocycles. The molecule has 1 unspecified atom stereocenters. The normalized spacial score (nSPS) is 12.2. The summed E-state index contributed by atoms with van der Waals surface area (Å²) >= 11 is 0. The standard InChI is InChI=1S/C14H21NO3/c1-11(10-18-2)9-14(17)15-13-5-3-12(4-6-13)7-8-16/h3-6,11,16H,7-10H2,1-2H3,(H,15,17). The third-order valence-electron chi connectivity index (χ3n) is 2.62. The predicted molar refractivity (Wildman–Crippen MR) is 71.5 cm³/mol. The van der Waals surface area contributed by atoms with Crippen molar-refractivity contribution in [3.05, 3.63) is 29.8 Å². The number of methoxy groups -OCH3 is 1. The van der Waals surface area contributed by atoms with Gasteiger partial charge in [-0.05, 0) is 30.0 Å². The monoisotopic (exact) mass is 251 g/mol. The van der Waals surface area contributed by atoms with E-state index in [9.17, 15) is 4.79 Å². The van der Waals surface area contributed by atoms with Gasteiger partial charge < -0.3 is 15.2 Å². The van der Waals surface area contributed by atoms with E-state index in [4.69, 9.17) is 9.84 Å². The third-order valence-corrected chi connectivity index (χ3v) is 2.62. The van der Waals surface area contributed by atoms with Crippen molar-refractivity contribution < 1.29 is 14.6 Å². The Morgan fingerprint density at radius 1 is 1.39 bits per heavy atom. The predicted octanol–water partition coefficient (Wildman–Crippen LogP) is 1.83. The molecule has 4 nitrogen and oxygen atoms in total. The number of ether oxygens (including phenoxy) is 1. The molecule has 0 heterocycles. The first-order valence-corrected chi connectivity index (χ1v) is 6.14. The Labute approximate surface area is 108 Å². The molecule has 1 aromatic carbocycles. The van der Waals surface area contributed by atoms with Crippen molar-refractivity contribution in [2.24, 2.45) is 5.92 Å². The SMILES string of the molecule is COCC(C)CC(=O)Nc1ccc(CCO)cc1. The van der Waals surface area contributed by atoms with Gasteiger partial charge in [0.05, 0.1) is 0 Å². The number of carbonyl (C=O) groups excluding carboxylic acids is 1. The Hall–Kier alpha value is -1.39. The largest absolute Gasteiger partial charge is 0.396 e. The molecule has 0 aliphatic heterocycles. The molecule has 1 aromatic rings. The number of carbonyl (C=O) groups is 1. The van der Waals surface area contributed by atoms with Gasteiger partial charge in [0.2, 0.25) is 5.91 Å². The summed E-state index contributed by atoms with van der Waals surface area (Å²) in [6.45, 7) is 2.70. The van der Waals surface area contributed by atoms with E-state index in [1.165, 1.54) is 0 Å². The molecule has 0 aliphatic rings. The smallest absolute Gasteiger partial charge is 0.224 e. The second-order valence-corrected chi connectivity index (χ2v) is 4.48. The summed E-state index contributed by atoms with van der Waals surface area (Å²) in [5.74, 6) is 0.207. The van der Waals surface area contributed by atoms with E-state index in [1.807, 2.05) is 31.2 Å². The van der Waals surface area contributed by atoms with Gasteiger partial charge >= 0.3 is 0 Å². The lowest BCUT2D eigenvalue weighted by Gasteiger charge is -2.10. The van der Waals surface area contributed by atoms with Gasteiger partial charge in [-0.25, -0.2) is 0 Å². The van der Waals surface area contributed by atoms with Crippen LogP contribution in [0.3, 0.4) is 0 Å². The Morgan fingerprint density at radius 3 is 2.61 bits per heavy atom. The first-order valence-electron chi connectivity index (χ1n) is 6.14. The second kappa shape index (κ2) is 7.84. The van der Waals surface area contributed by atoms with Crippen LogP contribution in [0.5, 0.6) is 0 Å². The molecule has 0 radical (unpaired) electrons. The molecular formula is C14H21NO3. The van der Waals surface area contributed by atoms with Crippen LogP contribution in [0, 0.1) is 5.92 Å². The van der Waals surface area contributed by atoms with Crippen molar-refractivity contribution in [2.45, 2.75) is 19.8 Å². The quantitative estimate of drug-likeness (QED) is 0.777. The highest BCUT2D eigenvalue weighted by Gasteiger charge is 2.08. The summed E-state index contributed by atoms with van der Waals surface area (Å²) in [5, 5.41) is 11.6. The number of rotatable bonds is 7. The molecule has 100 valence electrons. The Bertz CT molecular complexity index is 362. The molecule has 1 rings (SSSR count). The summed E-state index contributed by atoms with van der Waals surface area (Å²) in [4.78, 5) is 11.7. The average Bonchev–Trinajstić information content (AvgIpc) is 2.32. The molecule has 4 heteroatoms. The lowest BCUT2D eigenvalue weighted by molar-refractivity contribution is -0.117. The Morgan fingerprint density at radius 2 is 2.06 bits per heavy atom. The molecular weight excluding hydrogens is 230 g/mol. The minimum Gasteiger partial charge on any atom is -0.396 e. The van der Waals surface area contributed by atoms with Crippen molar-refractivity contribution in [2.75, 3.05) is 25.6 Å². The van der Waals surface area contributed by atoms with Gasteiger partial charge in [-0.3, -0.25) is 4.79 Å². The molecule has 0 aromatic heterocycles. The lowest BCUT2D eigenvalue weighted by Crippen LogP contribution is -2.17. The molecule has 0 spiro atoms. The van der Waals surface area contributed by atoms with E-state index in [1.54, 1.807) is 7.11 Å². The molecule has 2 N–H and O–H groups in total. The maximum Gasteiger partial charge on any atom is 0.224 e. The van der Waals surface area contributed by atoms with E-state index in [2.05, 4.69) is 5.32 Å². The van der Waals surface area contributed by atoms with Crippen LogP contribution in [-0.2, 0) is 16.0 Å². The fraction of sp³-hybridized carbons (Fsp3) is 0.500. The van der Waals surface area contributed by atoms with E-state index in [-0.39, 0.29) is 18.4 Å². The van der Waals surface area contributed by atoms with Crippen LogP contribution in [0.25, 0.3) is 0 Å². The van der Waals surface area contributed by atoms with Crippen LogP contribution in [0.1, 0.15) is 18.9 Å². The molecule has 0 aliphatic carbocycles. The van der Waals surface area contributed by atoms with Gasteiger partial charge in [0.15, 0.2) is 0 Å². The zero-order valence-corrected chi connectivity index (χ0v) is 11.0. The molecule has 1 amide bonds. The highest BCUT2D eigenvalue weighted by Crippen LogP contribution is 2.11. The topological polar surface area (TPSA) is 58.6 Å². The summed E-state index contributed by atoms with van der Waals surface area (Å²) in [5.41, 5.74) is 1.84. The van der Waals surface area contributed by atoms with Crippen molar-refractivity contribution in [3.63, 3.8) is 0 Å². The van der Waals surface area contributed by atoms with Crippen molar-refractivity contribution in [1.82, 2.24) is 0 Å². The highest BCUT2D eigenvalue weighted by molar-refractivity contribution is 5.90. The molecule has 0 bridgehead atoms. The van der Waals surface area contributed by atoms with Crippen LogP contribution in [0.15, 0.2) is 24.3 Å². The summed E-state index contributed by atoms with van der Waals surface area (Å²) in [7, 11) is 1.63. The minimum absolute atomic E-state index is 0.00513. The molecule has 0 fully saturated rings. The van der Waals surface area contributed by atoms with Crippen molar-refractivity contribution in [3.8, 4) is 0 Å². The van der Waals surface area contributed by atoms with Gasteiger partial charge in [-0.1, -0.05) is 19.1 Å². The summed E-state index contributed by atoms with van der Waals surface area (Å²) < 4.78 is 4.99. The van der Waals surface area contributed by atoms with Crippen LogP contribution in [0.2, 0.25) is 0 Å². The average molecular weight is 251 g/mol. The maximum absolute atomic E-state index is 11.7. The van der Waals surface area contributed by atoms with Crippen molar-refractivity contribution in [1.29, 1.82) is 0 Å². The second-order valence-electron chi connectivity index (χ2n) is 4.48. The fourth-order valence-electron chi connectivity index (χ4n) is 1.76. The number of benzene rings is 1. The Kier molecular flexibility index (Phi) is 6.39. The number of anilines is 1. The van der Waals surface area contributed by atoms with Gasteiger partial charge in [0.1, 0.15) is 0 Å². The number of aliphatic hydroxyl groups is 1.